The molecule has 128 valence electrons. The number of nitrogens with zero attached hydrogens (tertiary/aromatic N) is 1. The molecule has 1 aliphatic rings. The number of methoxy groups -OCH3 is 1. The van der Waals surface area contributed by atoms with Crippen molar-refractivity contribution in [2.45, 2.75) is 6.54 Å². The largest absolute Gasteiger partial charge is 0.496 e. The molecule has 0 radical (unpaired) electrons. The summed E-state index contributed by atoms with van der Waals surface area (Å²) in [5.74, 6) is 0.863. The van der Waals surface area contributed by atoms with Gasteiger partial charge in [-0.15, -0.1) is 0 Å². The number of ether oxygens (including phenoxy) is 2. The van der Waals surface area contributed by atoms with Gasteiger partial charge in [0.15, 0.2) is 0 Å². The van der Waals surface area contributed by atoms with Crippen LogP contribution in [0.3, 0.4) is 0 Å². The number of anilines is 2. The van der Waals surface area contributed by atoms with Crippen LogP contribution in [0.1, 0.15) is 5.56 Å². The third-order valence-electron chi connectivity index (χ3n) is 4.02. The lowest BCUT2D eigenvalue weighted by atomic mass is 10.2. The van der Waals surface area contributed by atoms with Crippen LogP contribution in [0.2, 0.25) is 5.02 Å². The Morgan fingerprint density at radius 2 is 2.00 bits per heavy atom. The van der Waals surface area contributed by atoms with Crippen LogP contribution in [0.25, 0.3) is 0 Å². The molecule has 24 heavy (non-hydrogen) atoms. The number of hydrogen-bond acceptors (Lipinski definition) is 4. The van der Waals surface area contributed by atoms with E-state index in [1.54, 1.807) is 7.11 Å². The van der Waals surface area contributed by atoms with E-state index in [0.717, 1.165) is 58.5 Å². The summed E-state index contributed by atoms with van der Waals surface area (Å²) in [5, 5.41) is 4.16. The van der Waals surface area contributed by atoms with Gasteiger partial charge in [0.1, 0.15) is 5.75 Å². The highest BCUT2D eigenvalue weighted by molar-refractivity contribution is 9.10. The molecule has 1 N–H and O–H groups in total. The van der Waals surface area contributed by atoms with Crippen LogP contribution >= 0.6 is 27.5 Å². The van der Waals surface area contributed by atoms with E-state index in [-0.39, 0.29) is 0 Å². The summed E-state index contributed by atoms with van der Waals surface area (Å²) in [6.45, 7) is 3.91. The van der Waals surface area contributed by atoms with E-state index in [4.69, 9.17) is 21.1 Å². The summed E-state index contributed by atoms with van der Waals surface area (Å²) in [6, 6.07) is 12.1. The predicted molar refractivity (Wildman–Crippen MR) is 103 cm³/mol. The highest BCUT2D eigenvalue weighted by atomic mass is 79.9. The summed E-state index contributed by atoms with van der Waals surface area (Å²) in [4.78, 5) is 2.26. The van der Waals surface area contributed by atoms with Crippen molar-refractivity contribution >= 4 is 38.9 Å². The SMILES string of the molecule is COc1ccc(Br)cc1CNc1ccc(N2CCOCC2)c(Cl)c1. The average molecular weight is 412 g/mol. The van der Waals surface area contributed by atoms with Gasteiger partial charge in [0.25, 0.3) is 0 Å². The van der Waals surface area contributed by atoms with Crippen molar-refractivity contribution in [1.82, 2.24) is 0 Å². The average Bonchev–Trinajstić information content (AvgIpc) is 2.61. The Balaban J connectivity index is 1.70. The molecule has 1 aliphatic heterocycles. The lowest BCUT2D eigenvalue weighted by molar-refractivity contribution is 0.122. The summed E-state index contributed by atoms with van der Waals surface area (Å²) in [7, 11) is 1.68. The Morgan fingerprint density at radius 3 is 2.71 bits per heavy atom. The van der Waals surface area contributed by atoms with Gasteiger partial charge in [-0.1, -0.05) is 27.5 Å². The monoisotopic (exact) mass is 410 g/mol. The Hall–Kier alpha value is -1.43. The molecule has 0 aliphatic carbocycles. The predicted octanol–water partition coefficient (Wildman–Crippen LogP) is 4.56. The standard InChI is InChI=1S/C18H20BrClN2O2/c1-23-18-5-2-14(19)10-13(18)12-21-15-3-4-17(16(20)11-15)22-6-8-24-9-7-22/h2-5,10-11,21H,6-9,12H2,1H3. The first kappa shape index (κ1) is 17.4. The van der Waals surface area contributed by atoms with Crippen LogP contribution in [-0.2, 0) is 11.3 Å². The van der Waals surface area contributed by atoms with Gasteiger partial charge in [0.05, 0.1) is 31.0 Å². The molecule has 0 amide bonds. The molecule has 2 aromatic carbocycles. The second kappa shape index (κ2) is 8.10. The molecule has 4 nitrogen and oxygen atoms in total. The highest BCUT2D eigenvalue weighted by Gasteiger charge is 2.14. The number of morpholine rings is 1. The Labute approximate surface area is 155 Å². The molecular formula is C18H20BrClN2O2. The zero-order valence-corrected chi connectivity index (χ0v) is 15.9. The van der Waals surface area contributed by atoms with Gasteiger partial charge in [-0.05, 0) is 36.4 Å². The third-order valence-corrected chi connectivity index (χ3v) is 4.82. The number of hydrogen-bond donors (Lipinski definition) is 1. The van der Waals surface area contributed by atoms with Crippen LogP contribution in [0.4, 0.5) is 11.4 Å². The number of halogens is 2. The Morgan fingerprint density at radius 1 is 1.21 bits per heavy atom. The van der Waals surface area contributed by atoms with Crippen LogP contribution in [0, 0.1) is 0 Å². The normalized spacial score (nSPS) is 14.5. The topological polar surface area (TPSA) is 33.7 Å². The fraction of sp³-hybridized carbons (Fsp3) is 0.333. The van der Waals surface area contributed by atoms with Gasteiger partial charge < -0.3 is 19.7 Å². The highest BCUT2D eigenvalue weighted by Crippen LogP contribution is 2.30. The fourth-order valence-corrected chi connectivity index (χ4v) is 3.47. The van der Waals surface area contributed by atoms with Crippen molar-refractivity contribution in [2.24, 2.45) is 0 Å². The van der Waals surface area contributed by atoms with Crippen molar-refractivity contribution in [2.75, 3.05) is 43.6 Å². The van der Waals surface area contributed by atoms with Crippen LogP contribution < -0.4 is 15.0 Å². The van der Waals surface area contributed by atoms with Gasteiger partial charge >= 0.3 is 0 Å². The third kappa shape index (κ3) is 4.15. The number of rotatable bonds is 5. The summed E-state index contributed by atoms with van der Waals surface area (Å²) in [5.41, 5.74) is 3.13. The van der Waals surface area contributed by atoms with Crippen molar-refractivity contribution in [3.8, 4) is 5.75 Å². The second-order valence-electron chi connectivity index (χ2n) is 5.58. The quantitative estimate of drug-likeness (QED) is 0.782. The first-order chi connectivity index (χ1) is 11.7. The molecular weight excluding hydrogens is 392 g/mol. The molecule has 0 spiro atoms. The lowest BCUT2D eigenvalue weighted by Gasteiger charge is -2.29. The Kier molecular flexibility index (Phi) is 5.87. The van der Waals surface area contributed by atoms with E-state index in [1.165, 1.54) is 0 Å². The minimum atomic E-state index is 0.663. The molecule has 2 aromatic rings. The van der Waals surface area contributed by atoms with E-state index < -0.39 is 0 Å². The van der Waals surface area contributed by atoms with Crippen LogP contribution in [0.15, 0.2) is 40.9 Å². The molecule has 1 fully saturated rings. The van der Waals surface area contributed by atoms with E-state index >= 15 is 0 Å². The fourth-order valence-electron chi connectivity index (χ4n) is 2.76. The molecule has 6 heteroatoms. The zero-order chi connectivity index (χ0) is 16.9. The minimum Gasteiger partial charge on any atom is -0.496 e. The summed E-state index contributed by atoms with van der Waals surface area (Å²) in [6.07, 6.45) is 0. The van der Waals surface area contributed by atoms with Crippen molar-refractivity contribution in [3.63, 3.8) is 0 Å². The zero-order valence-electron chi connectivity index (χ0n) is 13.5. The summed E-state index contributed by atoms with van der Waals surface area (Å²) < 4.78 is 11.8. The second-order valence-corrected chi connectivity index (χ2v) is 6.90. The minimum absolute atomic E-state index is 0.663. The molecule has 1 saturated heterocycles. The first-order valence-corrected chi connectivity index (χ1v) is 9.03. The van der Waals surface area contributed by atoms with Crippen molar-refractivity contribution in [1.29, 1.82) is 0 Å². The molecule has 0 aromatic heterocycles. The molecule has 3 rings (SSSR count). The molecule has 0 unspecified atom stereocenters. The smallest absolute Gasteiger partial charge is 0.123 e. The summed E-state index contributed by atoms with van der Waals surface area (Å²) >= 11 is 9.97. The van der Waals surface area contributed by atoms with Gasteiger partial charge in [-0.25, -0.2) is 0 Å². The number of benzene rings is 2. The van der Waals surface area contributed by atoms with Crippen molar-refractivity contribution < 1.29 is 9.47 Å². The molecule has 0 atom stereocenters. The Bertz CT molecular complexity index is 705. The van der Waals surface area contributed by atoms with Crippen LogP contribution in [-0.4, -0.2) is 33.4 Å². The van der Waals surface area contributed by atoms with Crippen molar-refractivity contribution in [3.05, 3.63) is 51.5 Å². The maximum atomic E-state index is 6.47. The van der Waals surface area contributed by atoms with Gasteiger partial charge in [-0.2, -0.15) is 0 Å². The van der Waals surface area contributed by atoms with Gasteiger partial charge in [0.2, 0.25) is 0 Å². The number of nitrogens with one attached hydrogen (secondary N) is 1. The van der Waals surface area contributed by atoms with Gasteiger partial charge in [0, 0.05) is 35.4 Å². The van der Waals surface area contributed by atoms with E-state index in [0.29, 0.717) is 6.54 Å². The molecule has 0 saturated carbocycles. The molecule has 0 bridgehead atoms. The van der Waals surface area contributed by atoms with E-state index in [1.807, 2.05) is 18.2 Å². The molecule has 1 heterocycles. The van der Waals surface area contributed by atoms with E-state index in [9.17, 15) is 0 Å². The van der Waals surface area contributed by atoms with Gasteiger partial charge in [-0.3, -0.25) is 0 Å². The van der Waals surface area contributed by atoms with E-state index in [2.05, 4.69) is 44.3 Å². The maximum absolute atomic E-state index is 6.47. The van der Waals surface area contributed by atoms with Crippen LogP contribution in [0.5, 0.6) is 5.75 Å². The lowest BCUT2D eigenvalue weighted by Crippen LogP contribution is -2.36. The maximum Gasteiger partial charge on any atom is 0.123 e. The first-order valence-electron chi connectivity index (χ1n) is 7.86.